The maximum atomic E-state index is 3.27. The summed E-state index contributed by atoms with van der Waals surface area (Å²) in [5, 5.41) is 3.27. The van der Waals surface area contributed by atoms with Gasteiger partial charge in [0.25, 0.3) is 0 Å². The Labute approximate surface area is 63.6 Å². The highest BCUT2D eigenvalue weighted by molar-refractivity contribution is 5.85. The molecule has 56 valence electrons. The summed E-state index contributed by atoms with van der Waals surface area (Å²) in [6, 6.07) is 0. The fourth-order valence-electron chi connectivity index (χ4n) is 0.901. The molecule has 2 heteroatoms. The van der Waals surface area contributed by atoms with Gasteiger partial charge >= 0.3 is 0 Å². The highest BCUT2D eigenvalue weighted by atomic mass is 35.5. The van der Waals surface area contributed by atoms with Crippen molar-refractivity contribution in [2.75, 3.05) is 13.1 Å². The van der Waals surface area contributed by atoms with Gasteiger partial charge in [-0.15, -0.1) is 12.4 Å². The van der Waals surface area contributed by atoms with Gasteiger partial charge in [-0.25, -0.2) is 0 Å². The minimum Gasteiger partial charge on any atom is -0.316 e. The van der Waals surface area contributed by atoms with Crippen LogP contribution in [0.1, 0.15) is 20.8 Å². The van der Waals surface area contributed by atoms with E-state index in [1.54, 1.807) is 0 Å². The van der Waals surface area contributed by atoms with E-state index in [2.05, 4.69) is 26.1 Å². The van der Waals surface area contributed by atoms with Gasteiger partial charge in [0.1, 0.15) is 0 Å². The second-order valence-corrected chi connectivity index (χ2v) is 3.72. The molecule has 1 saturated heterocycles. The lowest BCUT2D eigenvalue weighted by Gasteiger charge is -2.38. The van der Waals surface area contributed by atoms with Crippen LogP contribution >= 0.6 is 12.4 Å². The van der Waals surface area contributed by atoms with Gasteiger partial charge in [0.05, 0.1) is 0 Å². The standard InChI is InChI=1S/C7H15N.ClH/c1-7(2,3)6-4-8-5-6;/h6,8H,4-5H2,1-3H3;1H. The Morgan fingerprint density at radius 2 is 1.67 bits per heavy atom. The van der Waals surface area contributed by atoms with Crippen molar-refractivity contribution in [2.24, 2.45) is 11.3 Å². The van der Waals surface area contributed by atoms with Crippen LogP contribution in [0.15, 0.2) is 0 Å². The molecule has 0 aliphatic carbocycles. The van der Waals surface area contributed by atoms with E-state index in [1.807, 2.05) is 0 Å². The topological polar surface area (TPSA) is 12.0 Å². The Kier molecular flexibility index (Phi) is 2.97. The van der Waals surface area contributed by atoms with Crippen LogP contribution in [0.5, 0.6) is 0 Å². The summed E-state index contributed by atoms with van der Waals surface area (Å²) >= 11 is 0. The molecule has 1 aliphatic heterocycles. The predicted octanol–water partition coefficient (Wildman–Crippen LogP) is 1.67. The Morgan fingerprint density at radius 3 is 1.67 bits per heavy atom. The van der Waals surface area contributed by atoms with Crippen LogP contribution in [0.4, 0.5) is 0 Å². The summed E-state index contributed by atoms with van der Waals surface area (Å²) in [6.45, 7) is 9.36. The molecular weight excluding hydrogens is 134 g/mol. The molecule has 1 heterocycles. The number of hydrogen-bond acceptors (Lipinski definition) is 1. The van der Waals surface area contributed by atoms with Crippen LogP contribution < -0.4 is 5.32 Å². The average Bonchev–Trinajstić information content (AvgIpc) is 1.16. The molecule has 0 unspecified atom stereocenters. The number of nitrogens with one attached hydrogen (secondary N) is 1. The second kappa shape index (κ2) is 2.89. The minimum absolute atomic E-state index is 0. The number of hydrogen-bond donors (Lipinski definition) is 1. The van der Waals surface area contributed by atoms with Gasteiger partial charge in [-0.2, -0.15) is 0 Å². The zero-order valence-corrected chi connectivity index (χ0v) is 7.22. The quantitative estimate of drug-likeness (QED) is 0.553. The van der Waals surface area contributed by atoms with E-state index in [0.29, 0.717) is 5.41 Å². The van der Waals surface area contributed by atoms with Gasteiger partial charge in [0.15, 0.2) is 0 Å². The van der Waals surface area contributed by atoms with Gasteiger partial charge in [-0.05, 0) is 24.4 Å². The first kappa shape index (κ1) is 9.25. The molecule has 0 aromatic heterocycles. The molecule has 1 aliphatic rings. The zero-order valence-electron chi connectivity index (χ0n) is 6.40. The van der Waals surface area contributed by atoms with Crippen LogP contribution in [-0.4, -0.2) is 13.1 Å². The molecular formula is C7H16ClN. The molecule has 0 aromatic carbocycles. The molecule has 1 fully saturated rings. The third-order valence-corrected chi connectivity index (χ3v) is 2.01. The summed E-state index contributed by atoms with van der Waals surface area (Å²) in [7, 11) is 0. The molecule has 0 amide bonds. The van der Waals surface area contributed by atoms with Gasteiger partial charge in [0.2, 0.25) is 0 Å². The molecule has 0 atom stereocenters. The number of halogens is 1. The van der Waals surface area contributed by atoms with Crippen molar-refractivity contribution in [3.05, 3.63) is 0 Å². The van der Waals surface area contributed by atoms with E-state index in [9.17, 15) is 0 Å². The van der Waals surface area contributed by atoms with Gasteiger partial charge in [-0.1, -0.05) is 20.8 Å². The fourth-order valence-corrected chi connectivity index (χ4v) is 0.901. The van der Waals surface area contributed by atoms with Crippen LogP contribution in [0.2, 0.25) is 0 Å². The second-order valence-electron chi connectivity index (χ2n) is 3.72. The normalized spacial score (nSPS) is 20.3. The maximum Gasteiger partial charge on any atom is -0.000323 e. The smallest absolute Gasteiger partial charge is 0.000323 e. The lowest BCUT2D eigenvalue weighted by molar-refractivity contribution is 0.165. The third kappa shape index (κ3) is 2.15. The van der Waals surface area contributed by atoms with E-state index < -0.39 is 0 Å². The van der Waals surface area contributed by atoms with Gasteiger partial charge in [-0.3, -0.25) is 0 Å². The zero-order chi connectivity index (χ0) is 6.20. The summed E-state index contributed by atoms with van der Waals surface area (Å²) in [5.74, 6) is 0.919. The minimum atomic E-state index is 0. The maximum absolute atomic E-state index is 3.27. The van der Waals surface area contributed by atoms with Crippen molar-refractivity contribution in [2.45, 2.75) is 20.8 Å². The van der Waals surface area contributed by atoms with Crippen LogP contribution in [0, 0.1) is 11.3 Å². The summed E-state index contributed by atoms with van der Waals surface area (Å²) in [6.07, 6.45) is 0. The van der Waals surface area contributed by atoms with E-state index in [4.69, 9.17) is 0 Å². The molecule has 0 saturated carbocycles. The van der Waals surface area contributed by atoms with E-state index in [1.165, 1.54) is 13.1 Å². The van der Waals surface area contributed by atoms with Crippen molar-refractivity contribution in [1.29, 1.82) is 0 Å². The first-order valence-corrected chi connectivity index (χ1v) is 3.31. The number of rotatable bonds is 0. The third-order valence-electron chi connectivity index (χ3n) is 2.01. The Hall–Kier alpha value is 0.250. The van der Waals surface area contributed by atoms with E-state index >= 15 is 0 Å². The van der Waals surface area contributed by atoms with Crippen molar-refractivity contribution in [1.82, 2.24) is 5.32 Å². The first-order valence-electron chi connectivity index (χ1n) is 3.31. The fraction of sp³-hybridized carbons (Fsp3) is 1.00. The molecule has 0 aromatic rings. The van der Waals surface area contributed by atoms with Crippen LogP contribution in [0.3, 0.4) is 0 Å². The van der Waals surface area contributed by atoms with Crippen LogP contribution in [-0.2, 0) is 0 Å². The SMILES string of the molecule is CC(C)(C)C1CNC1.Cl. The largest absolute Gasteiger partial charge is 0.316 e. The van der Waals surface area contributed by atoms with Gasteiger partial charge < -0.3 is 5.32 Å². The lowest BCUT2D eigenvalue weighted by Crippen LogP contribution is -2.48. The molecule has 9 heavy (non-hydrogen) atoms. The predicted molar refractivity (Wildman–Crippen MR) is 43.1 cm³/mol. The van der Waals surface area contributed by atoms with Crippen LogP contribution in [0.25, 0.3) is 0 Å². The van der Waals surface area contributed by atoms with Gasteiger partial charge in [0, 0.05) is 0 Å². The van der Waals surface area contributed by atoms with E-state index in [0.717, 1.165) is 5.92 Å². The molecule has 0 spiro atoms. The Morgan fingerprint density at radius 1 is 1.22 bits per heavy atom. The van der Waals surface area contributed by atoms with Crippen molar-refractivity contribution >= 4 is 12.4 Å². The van der Waals surface area contributed by atoms with Crippen molar-refractivity contribution in [3.8, 4) is 0 Å². The molecule has 0 bridgehead atoms. The Bertz CT molecular complexity index is 81.4. The summed E-state index contributed by atoms with van der Waals surface area (Å²) < 4.78 is 0. The highest BCUT2D eigenvalue weighted by Crippen LogP contribution is 2.27. The molecule has 0 radical (unpaired) electrons. The monoisotopic (exact) mass is 149 g/mol. The highest BCUT2D eigenvalue weighted by Gasteiger charge is 2.28. The lowest BCUT2D eigenvalue weighted by atomic mass is 9.77. The average molecular weight is 150 g/mol. The molecule has 1 rings (SSSR count). The molecule has 1 N–H and O–H groups in total. The molecule has 1 nitrogen and oxygen atoms in total. The summed E-state index contributed by atoms with van der Waals surface area (Å²) in [5.41, 5.74) is 0.533. The van der Waals surface area contributed by atoms with E-state index in [-0.39, 0.29) is 12.4 Å². The Balaban J connectivity index is 0.000000640. The van der Waals surface area contributed by atoms with Crippen molar-refractivity contribution < 1.29 is 0 Å². The first-order chi connectivity index (χ1) is 3.61. The summed E-state index contributed by atoms with van der Waals surface area (Å²) in [4.78, 5) is 0. The van der Waals surface area contributed by atoms with Crippen molar-refractivity contribution in [3.63, 3.8) is 0 Å².